The number of anilines is 1. The van der Waals surface area contributed by atoms with Gasteiger partial charge in [-0.1, -0.05) is 6.07 Å². The van der Waals surface area contributed by atoms with Gasteiger partial charge in [0.2, 0.25) is 0 Å². The third-order valence-corrected chi connectivity index (χ3v) is 3.26. The smallest absolute Gasteiger partial charge is 0.128 e. The summed E-state index contributed by atoms with van der Waals surface area (Å²) < 4.78 is 6.77. The second kappa shape index (κ2) is 3.50. The summed E-state index contributed by atoms with van der Waals surface area (Å²) in [5, 5.41) is 1.98. The van der Waals surface area contributed by atoms with Crippen LogP contribution < -0.4 is 10.5 Å². The second-order valence-electron chi connectivity index (χ2n) is 3.21. The summed E-state index contributed by atoms with van der Waals surface area (Å²) in [6.07, 6.45) is 0. The fraction of sp³-hybridized carbons (Fsp3) is 0.273. The average molecular weight is 207 g/mol. The molecule has 0 aliphatic rings. The molecule has 0 radical (unpaired) electrons. The van der Waals surface area contributed by atoms with Gasteiger partial charge in [0.05, 0.1) is 11.6 Å². The van der Waals surface area contributed by atoms with Crippen LogP contribution in [0, 0.1) is 6.92 Å². The summed E-state index contributed by atoms with van der Waals surface area (Å²) >= 11 is 1.62. The Morgan fingerprint density at radius 3 is 2.93 bits per heavy atom. The molecule has 2 aromatic rings. The molecule has 0 saturated heterocycles. The number of benzene rings is 1. The molecule has 1 heterocycles. The average Bonchev–Trinajstić information content (AvgIpc) is 2.53. The van der Waals surface area contributed by atoms with Crippen molar-refractivity contribution < 1.29 is 4.74 Å². The number of thiophene rings is 1. The highest BCUT2D eigenvalue weighted by molar-refractivity contribution is 7.22. The van der Waals surface area contributed by atoms with E-state index in [-0.39, 0.29) is 0 Å². The Kier molecular flexibility index (Phi) is 2.33. The number of ether oxygens (including phenoxy) is 1. The van der Waals surface area contributed by atoms with E-state index in [2.05, 4.69) is 13.0 Å². The Bertz CT molecular complexity index is 462. The van der Waals surface area contributed by atoms with E-state index in [1.54, 1.807) is 11.3 Å². The molecule has 2 N–H and O–H groups in total. The fourth-order valence-electron chi connectivity index (χ4n) is 1.53. The number of hydrogen-bond donors (Lipinski definition) is 1. The lowest BCUT2D eigenvalue weighted by molar-refractivity contribution is 0.344. The number of aryl methyl sites for hydroxylation is 1. The van der Waals surface area contributed by atoms with Crippen LogP contribution in [0.1, 0.15) is 12.5 Å². The standard InChI is InChI=1S/C11H13NOS/c1-3-13-9-5-4-7(2)11-8(9)6-10(12)14-11/h4-6H,3,12H2,1-2H3. The summed E-state index contributed by atoms with van der Waals surface area (Å²) in [4.78, 5) is 0. The molecule has 0 spiro atoms. The third-order valence-electron chi connectivity index (χ3n) is 2.16. The van der Waals surface area contributed by atoms with Crippen LogP contribution >= 0.6 is 11.3 Å². The zero-order valence-corrected chi connectivity index (χ0v) is 9.15. The molecule has 0 aliphatic carbocycles. The van der Waals surface area contributed by atoms with Crippen molar-refractivity contribution in [2.24, 2.45) is 0 Å². The van der Waals surface area contributed by atoms with Gasteiger partial charge >= 0.3 is 0 Å². The van der Waals surface area contributed by atoms with Crippen LogP contribution in [-0.4, -0.2) is 6.61 Å². The van der Waals surface area contributed by atoms with Crippen molar-refractivity contribution in [1.82, 2.24) is 0 Å². The number of nitrogen functional groups attached to an aromatic ring is 1. The number of fused-ring (bicyclic) bond motifs is 1. The van der Waals surface area contributed by atoms with Crippen molar-refractivity contribution in [3.8, 4) is 5.75 Å². The maximum atomic E-state index is 5.79. The molecule has 3 heteroatoms. The Morgan fingerprint density at radius 1 is 1.43 bits per heavy atom. The molecular formula is C11H13NOS. The van der Waals surface area contributed by atoms with Crippen LogP contribution in [0.5, 0.6) is 5.75 Å². The van der Waals surface area contributed by atoms with E-state index < -0.39 is 0 Å². The molecule has 2 nitrogen and oxygen atoms in total. The minimum Gasteiger partial charge on any atom is -0.493 e. The topological polar surface area (TPSA) is 35.2 Å². The highest BCUT2D eigenvalue weighted by Crippen LogP contribution is 2.36. The first kappa shape index (κ1) is 9.34. The summed E-state index contributed by atoms with van der Waals surface area (Å²) in [6.45, 7) is 4.77. The van der Waals surface area contributed by atoms with Crippen molar-refractivity contribution in [2.45, 2.75) is 13.8 Å². The molecule has 0 saturated carbocycles. The molecule has 0 amide bonds. The quantitative estimate of drug-likeness (QED) is 0.820. The van der Waals surface area contributed by atoms with Crippen molar-refractivity contribution in [2.75, 3.05) is 12.3 Å². The SMILES string of the molecule is CCOc1ccc(C)c2sc(N)cc12. The fourth-order valence-corrected chi connectivity index (χ4v) is 2.44. The predicted molar refractivity (Wildman–Crippen MR) is 62.1 cm³/mol. The number of rotatable bonds is 2. The van der Waals surface area contributed by atoms with Gasteiger partial charge in [-0.2, -0.15) is 0 Å². The number of nitrogens with two attached hydrogens (primary N) is 1. The van der Waals surface area contributed by atoms with Crippen LogP contribution in [-0.2, 0) is 0 Å². The van der Waals surface area contributed by atoms with Crippen LogP contribution in [0.15, 0.2) is 18.2 Å². The highest BCUT2D eigenvalue weighted by atomic mass is 32.1. The maximum Gasteiger partial charge on any atom is 0.128 e. The summed E-state index contributed by atoms with van der Waals surface area (Å²) in [5.41, 5.74) is 7.04. The summed E-state index contributed by atoms with van der Waals surface area (Å²) in [6, 6.07) is 6.06. The van der Waals surface area contributed by atoms with E-state index in [4.69, 9.17) is 10.5 Å². The highest BCUT2D eigenvalue weighted by Gasteiger charge is 2.07. The first-order valence-electron chi connectivity index (χ1n) is 4.63. The molecule has 1 aromatic heterocycles. The maximum absolute atomic E-state index is 5.79. The molecule has 0 fully saturated rings. The second-order valence-corrected chi connectivity index (χ2v) is 4.29. The van der Waals surface area contributed by atoms with Gasteiger partial charge in [-0.25, -0.2) is 0 Å². The lowest BCUT2D eigenvalue weighted by Gasteiger charge is -2.05. The van der Waals surface area contributed by atoms with E-state index >= 15 is 0 Å². The van der Waals surface area contributed by atoms with Crippen LogP contribution in [0.3, 0.4) is 0 Å². The van der Waals surface area contributed by atoms with Crippen LogP contribution in [0.2, 0.25) is 0 Å². The van der Waals surface area contributed by atoms with Gasteiger partial charge in [0.1, 0.15) is 5.75 Å². The predicted octanol–water partition coefficient (Wildman–Crippen LogP) is 3.19. The van der Waals surface area contributed by atoms with E-state index in [1.165, 1.54) is 10.3 Å². The minimum absolute atomic E-state index is 0.688. The molecule has 0 atom stereocenters. The van der Waals surface area contributed by atoms with Gasteiger partial charge < -0.3 is 10.5 Å². The van der Waals surface area contributed by atoms with Crippen LogP contribution in [0.4, 0.5) is 5.00 Å². The lowest BCUT2D eigenvalue weighted by atomic mass is 10.2. The Morgan fingerprint density at radius 2 is 2.21 bits per heavy atom. The number of hydrogen-bond acceptors (Lipinski definition) is 3. The minimum atomic E-state index is 0.688. The van der Waals surface area contributed by atoms with E-state index in [0.717, 1.165) is 16.1 Å². The molecular weight excluding hydrogens is 194 g/mol. The summed E-state index contributed by atoms with van der Waals surface area (Å²) in [5.74, 6) is 0.932. The monoisotopic (exact) mass is 207 g/mol. The van der Waals surface area contributed by atoms with Gasteiger partial charge in [-0.3, -0.25) is 0 Å². The van der Waals surface area contributed by atoms with Crippen molar-refractivity contribution in [3.05, 3.63) is 23.8 Å². The molecule has 0 unspecified atom stereocenters. The van der Waals surface area contributed by atoms with E-state index in [0.29, 0.717) is 6.61 Å². The summed E-state index contributed by atoms with van der Waals surface area (Å²) in [7, 11) is 0. The lowest BCUT2D eigenvalue weighted by Crippen LogP contribution is -1.91. The van der Waals surface area contributed by atoms with Gasteiger partial charge in [0.25, 0.3) is 0 Å². The van der Waals surface area contributed by atoms with Gasteiger partial charge in [0.15, 0.2) is 0 Å². The molecule has 14 heavy (non-hydrogen) atoms. The van der Waals surface area contributed by atoms with Gasteiger partial charge in [-0.05, 0) is 31.5 Å². The van der Waals surface area contributed by atoms with Crippen molar-refractivity contribution in [3.63, 3.8) is 0 Å². The molecule has 74 valence electrons. The molecule has 2 rings (SSSR count). The Balaban J connectivity index is 2.68. The van der Waals surface area contributed by atoms with Crippen molar-refractivity contribution in [1.29, 1.82) is 0 Å². The van der Waals surface area contributed by atoms with E-state index in [1.807, 2.05) is 19.1 Å². The molecule has 1 aromatic carbocycles. The largest absolute Gasteiger partial charge is 0.493 e. The third kappa shape index (κ3) is 1.44. The van der Waals surface area contributed by atoms with Gasteiger partial charge in [-0.15, -0.1) is 11.3 Å². The molecule has 0 bridgehead atoms. The zero-order valence-electron chi connectivity index (χ0n) is 8.33. The Hall–Kier alpha value is -1.22. The first-order valence-corrected chi connectivity index (χ1v) is 5.45. The molecule has 0 aliphatic heterocycles. The Labute approximate surface area is 87.3 Å². The van der Waals surface area contributed by atoms with E-state index in [9.17, 15) is 0 Å². The van der Waals surface area contributed by atoms with Gasteiger partial charge in [0, 0.05) is 10.1 Å². The normalized spacial score (nSPS) is 10.7. The van der Waals surface area contributed by atoms with Crippen LogP contribution in [0.25, 0.3) is 10.1 Å². The zero-order chi connectivity index (χ0) is 10.1. The van der Waals surface area contributed by atoms with Crippen molar-refractivity contribution >= 4 is 26.4 Å². The first-order chi connectivity index (χ1) is 6.72.